The van der Waals surface area contributed by atoms with Gasteiger partial charge in [0.1, 0.15) is 5.76 Å². The van der Waals surface area contributed by atoms with Crippen LogP contribution in [-0.2, 0) is 6.18 Å². The molecule has 4 nitrogen and oxygen atoms in total. The summed E-state index contributed by atoms with van der Waals surface area (Å²) in [5, 5.41) is 4.95. The Morgan fingerprint density at radius 2 is 1.86 bits per heavy atom. The molecule has 9 heteroatoms. The highest BCUT2D eigenvalue weighted by Gasteiger charge is 2.30. The number of furan rings is 1. The van der Waals surface area contributed by atoms with E-state index in [2.05, 4.69) is 10.5 Å². The Morgan fingerprint density at radius 3 is 2.57 bits per heavy atom. The molecule has 144 valence electrons. The molecule has 0 radical (unpaired) electrons. The van der Waals surface area contributed by atoms with E-state index >= 15 is 0 Å². The number of nitrogens with one attached hydrogen (secondary N) is 1. The highest BCUT2D eigenvalue weighted by atomic mass is 35.5. The van der Waals surface area contributed by atoms with E-state index < -0.39 is 17.6 Å². The molecule has 0 spiro atoms. The predicted molar refractivity (Wildman–Crippen MR) is 101 cm³/mol. The summed E-state index contributed by atoms with van der Waals surface area (Å²) in [7, 11) is 0. The molecule has 1 heterocycles. The van der Waals surface area contributed by atoms with Crippen molar-refractivity contribution in [2.75, 3.05) is 0 Å². The molecule has 0 unspecified atom stereocenters. The van der Waals surface area contributed by atoms with Crippen LogP contribution in [0.2, 0.25) is 5.02 Å². The lowest BCUT2D eigenvalue weighted by molar-refractivity contribution is -0.137. The van der Waals surface area contributed by atoms with Gasteiger partial charge < -0.3 is 4.42 Å². The minimum Gasteiger partial charge on any atom is -0.448 e. The number of carbonyl (C=O) groups excluding carboxylic acids is 1. The van der Waals surface area contributed by atoms with E-state index in [1.54, 1.807) is 24.3 Å². The Labute approximate surface area is 167 Å². The highest BCUT2D eigenvalue weighted by Crippen LogP contribution is 2.30. The lowest BCUT2D eigenvalue weighted by atomic mass is 10.1. The third-order valence-corrected chi connectivity index (χ3v) is 4.62. The Bertz CT molecular complexity index is 1000. The van der Waals surface area contributed by atoms with E-state index in [1.807, 2.05) is 12.1 Å². The van der Waals surface area contributed by atoms with E-state index in [4.69, 9.17) is 16.0 Å². The predicted octanol–water partition coefficient (Wildman–Crippen LogP) is 5.87. The van der Waals surface area contributed by atoms with Gasteiger partial charge in [-0.15, -0.1) is 0 Å². The Hall–Kier alpha value is -2.71. The number of halogens is 4. The van der Waals surface area contributed by atoms with Gasteiger partial charge in [0.25, 0.3) is 5.91 Å². The van der Waals surface area contributed by atoms with Crippen LogP contribution in [0.15, 0.2) is 80.2 Å². The van der Waals surface area contributed by atoms with Gasteiger partial charge in [-0.2, -0.15) is 18.3 Å². The van der Waals surface area contributed by atoms with E-state index in [9.17, 15) is 18.0 Å². The second kappa shape index (κ2) is 8.53. The van der Waals surface area contributed by atoms with Crippen LogP contribution < -0.4 is 5.43 Å². The SMILES string of the molecule is O=C(NN=Cc1ccc(Sc2ccc(Cl)cc2)o1)c1cccc(C(F)(F)F)c1. The van der Waals surface area contributed by atoms with Crippen molar-refractivity contribution in [1.29, 1.82) is 0 Å². The fraction of sp³-hybridized carbons (Fsp3) is 0.0526. The standard InChI is InChI=1S/C19H12ClF3N2O2S/c20-14-4-7-16(8-5-14)28-17-9-6-15(27-17)11-24-25-18(26)12-2-1-3-13(10-12)19(21,22)23/h1-11H,(H,25,26). The van der Waals surface area contributed by atoms with Crippen LogP contribution in [0.1, 0.15) is 21.7 Å². The van der Waals surface area contributed by atoms with Crippen molar-refractivity contribution in [1.82, 2.24) is 5.43 Å². The second-order valence-electron chi connectivity index (χ2n) is 5.49. The van der Waals surface area contributed by atoms with Crippen LogP contribution in [0, 0.1) is 0 Å². The molecule has 0 aliphatic heterocycles. The van der Waals surface area contributed by atoms with Crippen LogP contribution in [0.25, 0.3) is 0 Å². The van der Waals surface area contributed by atoms with Gasteiger partial charge >= 0.3 is 6.18 Å². The van der Waals surface area contributed by atoms with Crippen molar-refractivity contribution in [2.24, 2.45) is 5.10 Å². The van der Waals surface area contributed by atoms with Gasteiger partial charge in [0.15, 0.2) is 5.09 Å². The summed E-state index contributed by atoms with van der Waals surface area (Å²) >= 11 is 7.21. The number of rotatable bonds is 5. The van der Waals surface area contributed by atoms with Crippen LogP contribution in [0.4, 0.5) is 13.2 Å². The number of nitrogens with zero attached hydrogens (tertiary/aromatic N) is 1. The zero-order valence-corrected chi connectivity index (χ0v) is 15.6. The van der Waals surface area contributed by atoms with Crippen molar-refractivity contribution < 1.29 is 22.4 Å². The zero-order chi connectivity index (χ0) is 20.1. The third-order valence-electron chi connectivity index (χ3n) is 3.44. The maximum Gasteiger partial charge on any atom is 0.416 e. The molecule has 2 aromatic carbocycles. The summed E-state index contributed by atoms with van der Waals surface area (Å²) in [6.45, 7) is 0. The fourth-order valence-electron chi connectivity index (χ4n) is 2.13. The molecule has 0 saturated carbocycles. The Balaban J connectivity index is 1.60. The molecular formula is C19H12ClF3N2O2S. The van der Waals surface area contributed by atoms with Crippen LogP contribution in [-0.4, -0.2) is 12.1 Å². The van der Waals surface area contributed by atoms with Gasteiger partial charge in [-0.05, 0) is 54.6 Å². The smallest absolute Gasteiger partial charge is 0.416 e. The summed E-state index contributed by atoms with van der Waals surface area (Å²) in [5.41, 5.74) is 1.12. The van der Waals surface area contributed by atoms with Crippen molar-refractivity contribution >= 4 is 35.5 Å². The molecule has 0 fully saturated rings. The first-order valence-corrected chi connectivity index (χ1v) is 9.04. The Kier molecular flexibility index (Phi) is 6.11. The Morgan fingerprint density at radius 1 is 1.11 bits per heavy atom. The number of amides is 1. The maximum absolute atomic E-state index is 12.7. The van der Waals surface area contributed by atoms with E-state index in [1.165, 1.54) is 24.0 Å². The van der Waals surface area contributed by atoms with Crippen LogP contribution in [0.3, 0.4) is 0 Å². The number of hydrogen-bond donors (Lipinski definition) is 1. The summed E-state index contributed by atoms with van der Waals surface area (Å²) in [6, 6.07) is 14.7. The van der Waals surface area contributed by atoms with Crippen LogP contribution in [0.5, 0.6) is 0 Å². The second-order valence-corrected chi connectivity index (χ2v) is 7.00. The van der Waals surface area contributed by atoms with Gasteiger partial charge in [-0.3, -0.25) is 4.79 Å². The molecule has 0 bridgehead atoms. The topological polar surface area (TPSA) is 54.6 Å². The van der Waals surface area contributed by atoms with Crippen molar-refractivity contribution in [3.8, 4) is 0 Å². The van der Waals surface area contributed by atoms with E-state index in [0.29, 0.717) is 15.9 Å². The van der Waals surface area contributed by atoms with Gasteiger partial charge in [-0.25, -0.2) is 5.43 Å². The first-order valence-electron chi connectivity index (χ1n) is 7.85. The van der Waals surface area contributed by atoms with Crippen molar-refractivity contribution in [3.05, 3.63) is 82.6 Å². The lowest BCUT2D eigenvalue weighted by Crippen LogP contribution is -2.18. The first-order chi connectivity index (χ1) is 13.3. The quantitative estimate of drug-likeness (QED) is 0.412. The molecule has 1 aromatic heterocycles. The molecule has 0 aliphatic carbocycles. The number of hydrazone groups is 1. The number of alkyl halides is 3. The molecule has 0 saturated heterocycles. The number of carbonyl (C=O) groups is 1. The maximum atomic E-state index is 12.7. The molecule has 3 aromatic rings. The zero-order valence-electron chi connectivity index (χ0n) is 14.0. The molecule has 28 heavy (non-hydrogen) atoms. The number of hydrogen-bond acceptors (Lipinski definition) is 4. The first kappa shape index (κ1) is 20.0. The summed E-state index contributed by atoms with van der Waals surface area (Å²) < 4.78 is 43.7. The minimum atomic E-state index is -4.52. The minimum absolute atomic E-state index is 0.148. The number of benzene rings is 2. The molecule has 1 N–H and O–H groups in total. The molecule has 1 amide bonds. The monoisotopic (exact) mass is 424 g/mol. The molecular weight excluding hydrogens is 413 g/mol. The lowest BCUT2D eigenvalue weighted by Gasteiger charge is -2.07. The van der Waals surface area contributed by atoms with Crippen LogP contribution >= 0.6 is 23.4 Å². The van der Waals surface area contributed by atoms with Gasteiger partial charge in [0.05, 0.1) is 11.8 Å². The molecule has 0 atom stereocenters. The van der Waals surface area contributed by atoms with Crippen molar-refractivity contribution in [2.45, 2.75) is 16.2 Å². The van der Waals surface area contributed by atoms with Crippen molar-refractivity contribution in [3.63, 3.8) is 0 Å². The highest BCUT2D eigenvalue weighted by molar-refractivity contribution is 7.99. The molecule has 0 aliphatic rings. The average Bonchev–Trinajstić information content (AvgIpc) is 3.10. The molecule has 3 rings (SSSR count). The summed E-state index contributed by atoms with van der Waals surface area (Å²) in [4.78, 5) is 12.9. The summed E-state index contributed by atoms with van der Waals surface area (Å²) in [6.07, 6.45) is -3.26. The fourth-order valence-corrected chi connectivity index (χ4v) is 3.04. The van der Waals surface area contributed by atoms with E-state index in [-0.39, 0.29) is 5.56 Å². The normalized spacial score (nSPS) is 11.7. The van der Waals surface area contributed by atoms with Gasteiger partial charge in [0.2, 0.25) is 0 Å². The van der Waals surface area contributed by atoms with E-state index in [0.717, 1.165) is 23.1 Å². The third kappa shape index (κ3) is 5.40. The van der Waals surface area contributed by atoms with Gasteiger partial charge in [0, 0.05) is 15.5 Å². The summed E-state index contributed by atoms with van der Waals surface area (Å²) in [5.74, 6) is -0.384. The average molecular weight is 425 g/mol. The van der Waals surface area contributed by atoms with Gasteiger partial charge in [-0.1, -0.05) is 29.4 Å². The largest absolute Gasteiger partial charge is 0.448 e.